The van der Waals surface area contributed by atoms with Gasteiger partial charge in [0, 0.05) is 42.8 Å². The summed E-state index contributed by atoms with van der Waals surface area (Å²) < 4.78 is 21.1. The quantitative estimate of drug-likeness (QED) is 0.380. The number of aryl methyl sites for hydroxylation is 1. The van der Waals surface area contributed by atoms with Crippen molar-refractivity contribution in [1.29, 1.82) is 0 Å². The molecular formula is C27H26FN5O2. The third-order valence-corrected chi connectivity index (χ3v) is 6.04. The number of halogens is 1. The van der Waals surface area contributed by atoms with E-state index in [0.717, 1.165) is 30.5 Å². The van der Waals surface area contributed by atoms with E-state index in [1.807, 2.05) is 46.9 Å². The fraction of sp³-hybridized carbons (Fsp3) is 0.259. The second-order valence-electron chi connectivity index (χ2n) is 8.71. The predicted octanol–water partition coefficient (Wildman–Crippen LogP) is 5.33. The van der Waals surface area contributed by atoms with Crippen LogP contribution in [0.15, 0.2) is 73.3 Å². The van der Waals surface area contributed by atoms with Crippen LogP contribution >= 0.6 is 0 Å². The van der Waals surface area contributed by atoms with Gasteiger partial charge >= 0.3 is 0 Å². The summed E-state index contributed by atoms with van der Waals surface area (Å²) in [6, 6.07) is 15.0. The van der Waals surface area contributed by atoms with Gasteiger partial charge in [-0.05, 0) is 68.1 Å². The number of piperidine rings is 1. The highest BCUT2D eigenvalue weighted by Crippen LogP contribution is 2.32. The van der Waals surface area contributed by atoms with Crippen LogP contribution in [0.5, 0.6) is 11.6 Å². The number of amides is 1. The van der Waals surface area contributed by atoms with E-state index < -0.39 is 0 Å². The summed E-state index contributed by atoms with van der Waals surface area (Å²) in [7, 11) is 0. The van der Waals surface area contributed by atoms with Crippen molar-refractivity contribution in [2.75, 3.05) is 6.54 Å². The van der Waals surface area contributed by atoms with Crippen molar-refractivity contribution in [1.82, 2.24) is 24.4 Å². The summed E-state index contributed by atoms with van der Waals surface area (Å²) in [6.45, 7) is 3.16. The van der Waals surface area contributed by atoms with Crippen molar-refractivity contribution in [2.24, 2.45) is 0 Å². The Hall–Kier alpha value is -4.07. The monoisotopic (exact) mass is 471 g/mol. The molecule has 7 nitrogen and oxygen atoms in total. The van der Waals surface area contributed by atoms with Gasteiger partial charge in [-0.25, -0.2) is 14.4 Å². The number of hydrogen-bond acceptors (Lipinski definition) is 5. The van der Waals surface area contributed by atoms with Crippen LogP contribution in [-0.4, -0.2) is 36.9 Å². The van der Waals surface area contributed by atoms with E-state index >= 15 is 0 Å². The molecule has 0 spiro atoms. The maximum Gasteiger partial charge on any atom is 0.254 e. The van der Waals surface area contributed by atoms with Gasteiger partial charge in [0.2, 0.25) is 5.88 Å². The minimum absolute atomic E-state index is 0.0340. The molecule has 178 valence electrons. The van der Waals surface area contributed by atoms with E-state index in [2.05, 4.69) is 15.0 Å². The first-order valence-corrected chi connectivity index (χ1v) is 11.7. The van der Waals surface area contributed by atoms with Crippen LogP contribution in [0, 0.1) is 12.7 Å². The van der Waals surface area contributed by atoms with Crippen LogP contribution in [0.25, 0.3) is 0 Å². The molecule has 35 heavy (non-hydrogen) atoms. The molecule has 1 fully saturated rings. The highest BCUT2D eigenvalue weighted by atomic mass is 19.1. The molecule has 4 aromatic rings. The molecule has 2 aromatic carbocycles. The summed E-state index contributed by atoms with van der Waals surface area (Å²) in [5.74, 6) is 1.06. The Kier molecular flexibility index (Phi) is 6.52. The van der Waals surface area contributed by atoms with E-state index in [4.69, 9.17) is 4.74 Å². The summed E-state index contributed by atoms with van der Waals surface area (Å²) >= 11 is 0. The molecule has 1 aliphatic heterocycles. The van der Waals surface area contributed by atoms with Gasteiger partial charge in [-0.15, -0.1) is 0 Å². The summed E-state index contributed by atoms with van der Waals surface area (Å²) in [5, 5.41) is 0. The van der Waals surface area contributed by atoms with E-state index in [-0.39, 0.29) is 17.8 Å². The van der Waals surface area contributed by atoms with Crippen molar-refractivity contribution in [3.63, 3.8) is 0 Å². The Balaban J connectivity index is 1.39. The molecule has 0 aliphatic carbocycles. The number of hydrogen-bond donors (Lipinski definition) is 0. The van der Waals surface area contributed by atoms with Crippen molar-refractivity contribution >= 4 is 5.91 Å². The molecule has 3 heterocycles. The first kappa shape index (κ1) is 22.7. The molecule has 1 aliphatic rings. The molecule has 0 unspecified atom stereocenters. The predicted molar refractivity (Wildman–Crippen MR) is 129 cm³/mol. The lowest BCUT2D eigenvalue weighted by molar-refractivity contribution is 0.0598. The second-order valence-corrected chi connectivity index (χ2v) is 8.71. The topological polar surface area (TPSA) is 73.1 Å². The van der Waals surface area contributed by atoms with Crippen LogP contribution in [0.1, 0.15) is 52.7 Å². The maximum atomic E-state index is 13.6. The Labute approximate surface area is 203 Å². The molecule has 1 amide bonds. The van der Waals surface area contributed by atoms with Gasteiger partial charge in [-0.2, -0.15) is 4.98 Å². The number of likely N-dealkylation sites (tertiary alicyclic amines) is 1. The molecular weight excluding hydrogens is 445 g/mol. The number of ether oxygens (including phenoxy) is 1. The number of carbonyl (C=O) groups is 1. The van der Waals surface area contributed by atoms with Crippen molar-refractivity contribution in [3.8, 4) is 11.6 Å². The Morgan fingerprint density at radius 3 is 2.77 bits per heavy atom. The average molecular weight is 472 g/mol. The number of nitrogens with zero attached hydrogens (tertiary/aromatic N) is 5. The fourth-order valence-electron chi connectivity index (χ4n) is 4.39. The molecule has 0 bridgehead atoms. The summed E-state index contributed by atoms with van der Waals surface area (Å²) in [6.07, 6.45) is 8.09. The van der Waals surface area contributed by atoms with Gasteiger partial charge in [0.25, 0.3) is 5.91 Å². The third-order valence-electron chi connectivity index (χ3n) is 6.04. The minimum atomic E-state index is -0.331. The molecule has 0 saturated carbocycles. The van der Waals surface area contributed by atoms with Gasteiger partial charge in [-0.1, -0.05) is 12.1 Å². The second kappa shape index (κ2) is 10.0. The van der Waals surface area contributed by atoms with Gasteiger partial charge in [0.05, 0.1) is 12.4 Å². The van der Waals surface area contributed by atoms with E-state index in [1.165, 1.54) is 12.1 Å². The largest absolute Gasteiger partial charge is 0.439 e. The summed E-state index contributed by atoms with van der Waals surface area (Å²) in [5.41, 5.74) is 2.42. The molecule has 2 aromatic heterocycles. The highest BCUT2D eigenvalue weighted by Gasteiger charge is 2.31. The fourth-order valence-corrected chi connectivity index (χ4v) is 4.39. The lowest BCUT2D eigenvalue weighted by Gasteiger charge is -2.35. The van der Waals surface area contributed by atoms with E-state index in [1.54, 1.807) is 30.7 Å². The zero-order valence-electron chi connectivity index (χ0n) is 19.5. The van der Waals surface area contributed by atoms with Crippen LogP contribution in [0.3, 0.4) is 0 Å². The van der Waals surface area contributed by atoms with E-state index in [0.29, 0.717) is 36.1 Å². The SMILES string of the molecule is Cc1cc(Oc2ccc(F)cc2)nc([C@@H]2CCCCN2C(=O)c2cccc(Cn3ccnc3)c2)n1. The van der Waals surface area contributed by atoms with Crippen LogP contribution in [0.4, 0.5) is 4.39 Å². The number of rotatable bonds is 6. The van der Waals surface area contributed by atoms with Crippen molar-refractivity contribution < 1.29 is 13.9 Å². The molecule has 0 N–H and O–H groups in total. The number of carbonyl (C=O) groups excluding carboxylic acids is 1. The van der Waals surface area contributed by atoms with Crippen LogP contribution in [-0.2, 0) is 6.54 Å². The maximum absolute atomic E-state index is 13.6. The van der Waals surface area contributed by atoms with Gasteiger partial charge < -0.3 is 14.2 Å². The first-order valence-electron chi connectivity index (χ1n) is 11.7. The van der Waals surface area contributed by atoms with Gasteiger partial charge in [0.1, 0.15) is 11.6 Å². The first-order chi connectivity index (χ1) is 17.0. The smallest absolute Gasteiger partial charge is 0.254 e. The van der Waals surface area contributed by atoms with Crippen molar-refractivity contribution in [3.05, 3.63) is 102 Å². The highest BCUT2D eigenvalue weighted by molar-refractivity contribution is 5.94. The third kappa shape index (κ3) is 5.37. The molecule has 1 saturated heterocycles. The number of benzene rings is 2. The Bertz CT molecular complexity index is 1310. The molecule has 8 heteroatoms. The van der Waals surface area contributed by atoms with Gasteiger partial charge in [-0.3, -0.25) is 4.79 Å². The van der Waals surface area contributed by atoms with Crippen LogP contribution in [0.2, 0.25) is 0 Å². The van der Waals surface area contributed by atoms with Crippen LogP contribution < -0.4 is 4.74 Å². The lowest BCUT2D eigenvalue weighted by Crippen LogP contribution is -2.39. The zero-order valence-corrected chi connectivity index (χ0v) is 19.5. The minimum Gasteiger partial charge on any atom is -0.439 e. The summed E-state index contributed by atoms with van der Waals surface area (Å²) in [4.78, 5) is 28.9. The van der Waals surface area contributed by atoms with Gasteiger partial charge in [0.15, 0.2) is 5.82 Å². The zero-order chi connectivity index (χ0) is 24.2. The average Bonchev–Trinajstić information content (AvgIpc) is 3.38. The standard InChI is InChI=1S/C27H26FN5O2/c1-19-15-25(35-23-10-8-22(28)9-11-23)31-26(30-19)24-7-2-3-13-33(24)27(34)21-6-4-5-20(16-21)17-32-14-12-29-18-32/h4-6,8-12,14-16,18,24H,2-3,7,13,17H2,1H3/t24-/m0/s1. The Morgan fingerprint density at radius 1 is 1.11 bits per heavy atom. The number of imidazole rings is 1. The lowest BCUT2D eigenvalue weighted by atomic mass is 9.99. The molecule has 0 radical (unpaired) electrons. The van der Waals surface area contributed by atoms with E-state index in [9.17, 15) is 9.18 Å². The number of aromatic nitrogens is 4. The Morgan fingerprint density at radius 2 is 1.97 bits per heavy atom. The van der Waals surface area contributed by atoms with Crippen molar-refractivity contribution in [2.45, 2.75) is 38.8 Å². The normalized spacial score (nSPS) is 15.7. The molecule has 5 rings (SSSR count). The molecule has 1 atom stereocenters.